The fraction of sp³-hybridized carbons (Fsp3) is 0.355. The Morgan fingerprint density at radius 3 is 2.10 bits per heavy atom. The smallest absolute Gasteiger partial charge is 0.243 e. The number of anilines is 1. The first-order valence-corrected chi connectivity index (χ1v) is 16.0. The number of rotatable bonds is 13. The molecule has 1 unspecified atom stereocenters. The monoisotopic (exact) mass is 627 g/mol. The van der Waals surface area contributed by atoms with Crippen molar-refractivity contribution < 1.29 is 18.0 Å². The Balaban J connectivity index is 1.87. The highest BCUT2D eigenvalue weighted by atomic mass is 79.9. The van der Waals surface area contributed by atoms with Crippen molar-refractivity contribution >= 4 is 43.5 Å². The number of amides is 2. The lowest BCUT2D eigenvalue weighted by Gasteiger charge is -2.32. The quantitative estimate of drug-likeness (QED) is 0.272. The van der Waals surface area contributed by atoms with Crippen molar-refractivity contribution in [2.75, 3.05) is 17.1 Å². The SMILES string of the molecule is Cc1ccc(N(CCCC(=O)N(Cc2ccc(Br)cc2)C(Cc2ccccc2)C(=O)NC(C)C)S(C)(=O)=O)cc1. The standard InChI is InChI=1S/C31H38BrN3O4S/c1-23(2)33-31(37)29(21-25-9-6-5-7-10-25)34(22-26-14-16-27(32)17-15-26)30(36)11-8-20-35(40(4,38)39)28-18-12-24(3)13-19-28/h5-7,9-10,12-19,23,29H,8,11,20-22H2,1-4H3,(H,33,37). The topological polar surface area (TPSA) is 86.8 Å². The lowest BCUT2D eigenvalue weighted by Crippen LogP contribution is -2.51. The van der Waals surface area contributed by atoms with Gasteiger partial charge in [-0.1, -0.05) is 76.1 Å². The molecule has 0 saturated carbocycles. The number of hydrogen-bond acceptors (Lipinski definition) is 4. The molecule has 3 aromatic carbocycles. The van der Waals surface area contributed by atoms with Crippen LogP contribution >= 0.6 is 15.9 Å². The molecule has 0 aliphatic carbocycles. The van der Waals surface area contributed by atoms with Crippen molar-refractivity contribution in [3.63, 3.8) is 0 Å². The molecule has 2 amide bonds. The lowest BCUT2D eigenvalue weighted by molar-refractivity contribution is -0.141. The number of carbonyl (C=O) groups excluding carboxylic acids is 2. The third-order valence-corrected chi connectivity index (χ3v) is 8.17. The van der Waals surface area contributed by atoms with Crippen LogP contribution in [0.5, 0.6) is 0 Å². The summed E-state index contributed by atoms with van der Waals surface area (Å²) in [5.41, 5.74) is 3.43. The largest absolute Gasteiger partial charge is 0.352 e. The molecule has 0 heterocycles. The van der Waals surface area contributed by atoms with Crippen LogP contribution in [0.2, 0.25) is 0 Å². The fourth-order valence-electron chi connectivity index (χ4n) is 4.44. The van der Waals surface area contributed by atoms with Gasteiger partial charge in [0.2, 0.25) is 21.8 Å². The number of halogens is 1. The maximum Gasteiger partial charge on any atom is 0.243 e. The molecule has 0 fully saturated rings. The Morgan fingerprint density at radius 2 is 1.52 bits per heavy atom. The molecule has 7 nitrogen and oxygen atoms in total. The van der Waals surface area contributed by atoms with Gasteiger partial charge in [-0.05, 0) is 62.6 Å². The van der Waals surface area contributed by atoms with Crippen molar-refractivity contribution in [1.82, 2.24) is 10.2 Å². The van der Waals surface area contributed by atoms with Crippen LogP contribution in [0.15, 0.2) is 83.3 Å². The summed E-state index contributed by atoms with van der Waals surface area (Å²) in [4.78, 5) is 28.9. The minimum atomic E-state index is -3.55. The second-order valence-electron chi connectivity index (χ2n) is 10.3. The summed E-state index contributed by atoms with van der Waals surface area (Å²) < 4.78 is 27.4. The first-order valence-electron chi connectivity index (χ1n) is 13.4. The molecule has 40 heavy (non-hydrogen) atoms. The molecule has 9 heteroatoms. The second-order valence-corrected chi connectivity index (χ2v) is 13.1. The molecule has 1 atom stereocenters. The van der Waals surface area contributed by atoms with Gasteiger partial charge in [0.25, 0.3) is 0 Å². The van der Waals surface area contributed by atoms with Gasteiger partial charge < -0.3 is 10.2 Å². The maximum atomic E-state index is 13.8. The third kappa shape index (κ3) is 9.48. The lowest BCUT2D eigenvalue weighted by atomic mass is 10.0. The van der Waals surface area contributed by atoms with Gasteiger partial charge in [-0.3, -0.25) is 13.9 Å². The zero-order valence-corrected chi connectivity index (χ0v) is 25.9. The highest BCUT2D eigenvalue weighted by molar-refractivity contribution is 9.10. The van der Waals surface area contributed by atoms with E-state index in [9.17, 15) is 18.0 Å². The van der Waals surface area contributed by atoms with Crippen LogP contribution in [0, 0.1) is 6.92 Å². The molecule has 0 bridgehead atoms. The Bertz CT molecular complexity index is 1360. The van der Waals surface area contributed by atoms with Crippen LogP contribution in [0.4, 0.5) is 5.69 Å². The predicted molar refractivity (Wildman–Crippen MR) is 165 cm³/mol. The molecular formula is C31H38BrN3O4S. The van der Waals surface area contributed by atoms with Crippen LogP contribution in [0.25, 0.3) is 0 Å². The van der Waals surface area contributed by atoms with E-state index in [0.717, 1.165) is 21.2 Å². The molecule has 0 aliphatic rings. The van der Waals surface area contributed by atoms with Crippen molar-refractivity contribution in [1.29, 1.82) is 0 Å². The average Bonchev–Trinajstić information content (AvgIpc) is 2.90. The Morgan fingerprint density at radius 1 is 0.900 bits per heavy atom. The Kier molecular flexibility index (Phi) is 11.3. The summed E-state index contributed by atoms with van der Waals surface area (Å²) >= 11 is 3.45. The van der Waals surface area contributed by atoms with E-state index in [1.54, 1.807) is 17.0 Å². The summed E-state index contributed by atoms with van der Waals surface area (Å²) in [6, 6.07) is 23.7. The molecule has 214 valence electrons. The summed E-state index contributed by atoms with van der Waals surface area (Å²) in [5, 5.41) is 2.99. The minimum Gasteiger partial charge on any atom is -0.352 e. The first kappa shape index (κ1) is 31.4. The normalized spacial score (nSPS) is 12.2. The van der Waals surface area contributed by atoms with E-state index in [-0.39, 0.29) is 37.4 Å². The van der Waals surface area contributed by atoms with Crippen LogP contribution in [-0.4, -0.2) is 50.0 Å². The molecule has 0 saturated heterocycles. The number of sulfonamides is 1. The van der Waals surface area contributed by atoms with Crippen molar-refractivity contribution in [2.24, 2.45) is 0 Å². The van der Waals surface area contributed by atoms with Crippen molar-refractivity contribution in [2.45, 2.75) is 58.7 Å². The third-order valence-electron chi connectivity index (χ3n) is 6.44. The molecule has 1 N–H and O–H groups in total. The summed E-state index contributed by atoms with van der Waals surface area (Å²) in [5.74, 6) is -0.429. The van der Waals surface area contributed by atoms with Gasteiger partial charge in [0.05, 0.1) is 11.9 Å². The van der Waals surface area contributed by atoms with E-state index in [2.05, 4.69) is 21.2 Å². The first-order chi connectivity index (χ1) is 18.9. The number of benzene rings is 3. The molecular weight excluding hydrogens is 590 g/mol. The van der Waals surface area contributed by atoms with Crippen LogP contribution < -0.4 is 9.62 Å². The summed E-state index contributed by atoms with van der Waals surface area (Å²) in [6.45, 7) is 6.13. The van der Waals surface area contributed by atoms with Gasteiger partial charge in [-0.25, -0.2) is 8.42 Å². The van der Waals surface area contributed by atoms with E-state index >= 15 is 0 Å². The van der Waals surface area contributed by atoms with Crippen LogP contribution in [-0.2, 0) is 32.6 Å². The number of nitrogens with one attached hydrogen (secondary N) is 1. The Hall–Kier alpha value is -3.17. The fourth-order valence-corrected chi connectivity index (χ4v) is 5.67. The van der Waals surface area contributed by atoms with Crippen molar-refractivity contribution in [3.05, 3.63) is 100 Å². The molecule has 0 aliphatic heterocycles. The molecule has 0 spiro atoms. The zero-order valence-electron chi connectivity index (χ0n) is 23.5. The zero-order chi connectivity index (χ0) is 29.3. The molecule has 0 radical (unpaired) electrons. The van der Waals surface area contributed by atoms with Gasteiger partial charge >= 0.3 is 0 Å². The number of aryl methyl sites for hydroxylation is 1. The highest BCUT2D eigenvalue weighted by Gasteiger charge is 2.31. The highest BCUT2D eigenvalue weighted by Crippen LogP contribution is 2.21. The van der Waals surface area contributed by atoms with E-state index in [0.29, 0.717) is 18.5 Å². The predicted octanol–water partition coefficient (Wildman–Crippen LogP) is 5.47. The van der Waals surface area contributed by atoms with Crippen LogP contribution in [0.1, 0.15) is 43.4 Å². The Labute approximate surface area is 246 Å². The second kappa shape index (κ2) is 14.5. The van der Waals surface area contributed by atoms with E-state index < -0.39 is 16.1 Å². The minimum absolute atomic E-state index is 0.0896. The van der Waals surface area contributed by atoms with E-state index in [4.69, 9.17) is 0 Å². The van der Waals surface area contributed by atoms with E-state index in [1.807, 2.05) is 87.5 Å². The van der Waals surface area contributed by atoms with Crippen LogP contribution in [0.3, 0.4) is 0 Å². The molecule has 3 aromatic rings. The number of hydrogen-bond donors (Lipinski definition) is 1. The molecule has 0 aromatic heterocycles. The van der Waals surface area contributed by atoms with Gasteiger partial charge in [-0.15, -0.1) is 0 Å². The number of nitrogens with zero attached hydrogens (tertiary/aromatic N) is 2. The van der Waals surface area contributed by atoms with E-state index in [1.165, 1.54) is 10.6 Å². The van der Waals surface area contributed by atoms with Gasteiger partial charge in [-0.2, -0.15) is 0 Å². The van der Waals surface area contributed by atoms with Gasteiger partial charge in [0.1, 0.15) is 6.04 Å². The molecule has 3 rings (SSSR count). The number of carbonyl (C=O) groups is 2. The average molecular weight is 629 g/mol. The van der Waals surface area contributed by atoms with Gasteiger partial charge in [0, 0.05) is 36.4 Å². The van der Waals surface area contributed by atoms with Gasteiger partial charge in [0.15, 0.2) is 0 Å². The maximum absolute atomic E-state index is 13.8. The summed E-state index contributed by atoms with van der Waals surface area (Å²) in [7, 11) is -3.55. The summed E-state index contributed by atoms with van der Waals surface area (Å²) in [6.07, 6.45) is 1.93. The van der Waals surface area contributed by atoms with Crippen molar-refractivity contribution in [3.8, 4) is 0 Å².